The fourth-order valence-electron chi connectivity index (χ4n) is 3.15. The van der Waals surface area contributed by atoms with Crippen molar-refractivity contribution in [1.82, 2.24) is 4.98 Å². The minimum Gasteiger partial charge on any atom is -1.00 e. The Labute approximate surface area is 180 Å². The SMILES string of the molecule is O=C(Nc1cc[n+](CCc2c[nH]c3ccccc23)cc1)OCc1ccccc1.[Br-]. The zero-order chi connectivity index (χ0) is 19.2. The summed E-state index contributed by atoms with van der Waals surface area (Å²) < 4.78 is 7.34. The van der Waals surface area contributed by atoms with Crippen LogP contribution in [0.2, 0.25) is 0 Å². The third-order valence-electron chi connectivity index (χ3n) is 4.66. The quantitative estimate of drug-likeness (QED) is 0.436. The summed E-state index contributed by atoms with van der Waals surface area (Å²) >= 11 is 0. The number of aromatic nitrogens is 2. The fraction of sp³-hybridized carbons (Fsp3) is 0.130. The first-order valence-electron chi connectivity index (χ1n) is 9.30. The maximum atomic E-state index is 11.9. The average Bonchev–Trinajstić information content (AvgIpc) is 3.16. The predicted molar refractivity (Wildman–Crippen MR) is 109 cm³/mol. The highest BCUT2D eigenvalue weighted by Crippen LogP contribution is 2.18. The number of rotatable bonds is 6. The zero-order valence-electron chi connectivity index (χ0n) is 15.8. The number of hydrogen-bond donors (Lipinski definition) is 2. The van der Waals surface area contributed by atoms with Gasteiger partial charge in [0.2, 0.25) is 0 Å². The van der Waals surface area contributed by atoms with Gasteiger partial charge in [-0.2, -0.15) is 0 Å². The average molecular weight is 452 g/mol. The van der Waals surface area contributed by atoms with E-state index in [2.05, 4.69) is 39.3 Å². The van der Waals surface area contributed by atoms with Crippen LogP contribution in [0.4, 0.5) is 10.5 Å². The van der Waals surface area contributed by atoms with Crippen LogP contribution < -0.4 is 26.9 Å². The van der Waals surface area contributed by atoms with Crippen LogP contribution in [0.3, 0.4) is 0 Å². The van der Waals surface area contributed by atoms with Crippen LogP contribution in [0.15, 0.2) is 85.3 Å². The van der Waals surface area contributed by atoms with Crippen molar-refractivity contribution in [2.75, 3.05) is 5.32 Å². The Hall–Kier alpha value is -3.12. The topological polar surface area (TPSA) is 58.0 Å². The number of carbonyl (C=O) groups excluding carboxylic acids is 1. The fourth-order valence-corrected chi connectivity index (χ4v) is 3.15. The summed E-state index contributed by atoms with van der Waals surface area (Å²) in [7, 11) is 0. The molecule has 6 heteroatoms. The van der Waals surface area contributed by atoms with E-state index in [9.17, 15) is 4.79 Å². The number of fused-ring (bicyclic) bond motifs is 1. The Morgan fingerprint density at radius 3 is 2.48 bits per heavy atom. The molecule has 0 saturated heterocycles. The Balaban J connectivity index is 0.00000240. The Morgan fingerprint density at radius 2 is 1.69 bits per heavy atom. The van der Waals surface area contributed by atoms with E-state index in [-0.39, 0.29) is 23.6 Å². The number of nitrogens with one attached hydrogen (secondary N) is 2. The number of aromatic amines is 1. The molecule has 0 atom stereocenters. The van der Waals surface area contributed by atoms with Crippen molar-refractivity contribution in [2.24, 2.45) is 0 Å². The van der Waals surface area contributed by atoms with Crippen LogP contribution in [0.5, 0.6) is 0 Å². The van der Waals surface area contributed by atoms with Crippen molar-refractivity contribution >= 4 is 22.7 Å². The van der Waals surface area contributed by atoms with Gasteiger partial charge < -0.3 is 26.7 Å². The zero-order valence-corrected chi connectivity index (χ0v) is 17.4. The molecule has 0 bridgehead atoms. The third-order valence-corrected chi connectivity index (χ3v) is 4.66. The standard InChI is InChI=1S/C23H21N3O2.BrH/c27-23(28-17-18-6-2-1-3-7-18)25-20-11-14-26(15-12-20)13-10-19-16-24-22-9-5-4-8-21(19)22;/h1-9,11-12,14-16,24H,10,13,17H2;1H. The number of amides is 1. The van der Waals surface area contributed by atoms with Gasteiger partial charge in [-0.1, -0.05) is 48.5 Å². The molecule has 4 aromatic rings. The van der Waals surface area contributed by atoms with Gasteiger partial charge in [-0.3, -0.25) is 5.32 Å². The highest BCUT2D eigenvalue weighted by Gasteiger charge is 2.08. The molecule has 0 unspecified atom stereocenters. The lowest BCUT2D eigenvalue weighted by molar-refractivity contribution is -0.696. The number of pyridine rings is 1. The summed E-state index contributed by atoms with van der Waals surface area (Å²) in [6.45, 7) is 1.12. The molecule has 4 rings (SSSR count). The summed E-state index contributed by atoms with van der Waals surface area (Å²) in [5, 5.41) is 4.02. The van der Waals surface area contributed by atoms with Gasteiger partial charge in [0.05, 0.1) is 5.69 Å². The molecule has 148 valence electrons. The maximum Gasteiger partial charge on any atom is 0.411 e. The van der Waals surface area contributed by atoms with E-state index in [0.717, 1.165) is 24.0 Å². The molecule has 29 heavy (non-hydrogen) atoms. The number of para-hydroxylation sites is 1. The monoisotopic (exact) mass is 451 g/mol. The molecule has 0 fully saturated rings. The molecule has 0 aliphatic rings. The minimum atomic E-state index is -0.458. The van der Waals surface area contributed by atoms with Gasteiger partial charge in [-0.05, 0) is 17.2 Å². The van der Waals surface area contributed by atoms with Crippen molar-refractivity contribution in [1.29, 1.82) is 0 Å². The number of carbonyl (C=O) groups is 1. The first-order chi connectivity index (χ1) is 13.8. The second kappa shape index (κ2) is 9.89. The van der Waals surface area contributed by atoms with E-state index in [1.54, 1.807) is 0 Å². The molecule has 2 N–H and O–H groups in total. The van der Waals surface area contributed by atoms with Gasteiger partial charge in [0.1, 0.15) is 6.61 Å². The summed E-state index contributed by atoms with van der Waals surface area (Å²) in [6, 6.07) is 21.7. The summed E-state index contributed by atoms with van der Waals surface area (Å²) in [6.07, 6.45) is 6.47. The van der Waals surface area contributed by atoms with Crippen molar-refractivity contribution in [3.63, 3.8) is 0 Å². The third kappa shape index (κ3) is 5.45. The van der Waals surface area contributed by atoms with Crippen LogP contribution in [0, 0.1) is 0 Å². The van der Waals surface area contributed by atoms with Gasteiger partial charge in [0, 0.05) is 35.7 Å². The molecule has 0 saturated carbocycles. The smallest absolute Gasteiger partial charge is 0.411 e. The maximum absolute atomic E-state index is 11.9. The first-order valence-corrected chi connectivity index (χ1v) is 9.30. The van der Waals surface area contributed by atoms with E-state index in [4.69, 9.17) is 4.74 Å². The number of anilines is 1. The number of halogens is 1. The minimum absolute atomic E-state index is 0. The van der Waals surface area contributed by atoms with E-state index in [0.29, 0.717) is 5.69 Å². The molecule has 0 aliphatic carbocycles. The number of hydrogen-bond acceptors (Lipinski definition) is 2. The molecular weight excluding hydrogens is 430 g/mol. The lowest BCUT2D eigenvalue weighted by atomic mass is 10.1. The van der Waals surface area contributed by atoms with Gasteiger partial charge in [0.15, 0.2) is 18.9 Å². The van der Waals surface area contributed by atoms with E-state index < -0.39 is 6.09 Å². The second-order valence-corrected chi connectivity index (χ2v) is 6.62. The Bertz CT molecular complexity index is 1060. The summed E-state index contributed by atoms with van der Waals surface area (Å²) in [5.41, 5.74) is 4.13. The Morgan fingerprint density at radius 1 is 0.966 bits per heavy atom. The molecule has 5 nitrogen and oxygen atoms in total. The molecule has 0 spiro atoms. The molecule has 2 aromatic carbocycles. The highest BCUT2D eigenvalue weighted by molar-refractivity contribution is 5.84. The summed E-state index contributed by atoms with van der Waals surface area (Å²) in [4.78, 5) is 15.2. The van der Waals surface area contributed by atoms with E-state index in [1.165, 1.54) is 10.9 Å². The highest BCUT2D eigenvalue weighted by atomic mass is 79.9. The largest absolute Gasteiger partial charge is 1.00 e. The van der Waals surface area contributed by atoms with Gasteiger partial charge >= 0.3 is 6.09 Å². The van der Waals surface area contributed by atoms with Crippen molar-refractivity contribution in [2.45, 2.75) is 19.6 Å². The van der Waals surface area contributed by atoms with Gasteiger partial charge in [0.25, 0.3) is 0 Å². The number of aryl methyl sites for hydroxylation is 2. The summed E-state index contributed by atoms with van der Waals surface area (Å²) in [5.74, 6) is 0. The van der Waals surface area contributed by atoms with Gasteiger partial charge in [-0.15, -0.1) is 0 Å². The van der Waals surface area contributed by atoms with Crippen LogP contribution >= 0.6 is 0 Å². The van der Waals surface area contributed by atoms with Crippen molar-refractivity contribution < 1.29 is 31.1 Å². The lowest BCUT2D eigenvalue weighted by Gasteiger charge is -2.06. The second-order valence-electron chi connectivity index (χ2n) is 6.62. The van der Waals surface area contributed by atoms with Gasteiger partial charge in [-0.25, -0.2) is 9.36 Å². The van der Waals surface area contributed by atoms with Crippen molar-refractivity contribution in [3.05, 3.63) is 96.4 Å². The molecule has 0 radical (unpaired) electrons. The van der Waals surface area contributed by atoms with E-state index in [1.807, 2.05) is 60.9 Å². The number of benzene rings is 2. The van der Waals surface area contributed by atoms with Crippen LogP contribution in [-0.2, 0) is 24.3 Å². The lowest BCUT2D eigenvalue weighted by Crippen LogP contribution is -3.00. The predicted octanol–water partition coefficient (Wildman–Crippen LogP) is 1.45. The van der Waals surface area contributed by atoms with Crippen LogP contribution in [0.1, 0.15) is 11.1 Å². The van der Waals surface area contributed by atoms with Crippen molar-refractivity contribution in [3.8, 4) is 0 Å². The van der Waals surface area contributed by atoms with E-state index >= 15 is 0 Å². The molecule has 0 aliphatic heterocycles. The molecule has 1 amide bonds. The van der Waals surface area contributed by atoms with Crippen LogP contribution in [-0.4, -0.2) is 11.1 Å². The number of ether oxygens (including phenoxy) is 1. The molecule has 2 heterocycles. The number of nitrogens with zero attached hydrogens (tertiary/aromatic N) is 1. The normalized spacial score (nSPS) is 10.3. The molecule has 2 aromatic heterocycles. The Kier molecular flexibility index (Phi) is 7.03. The van der Waals surface area contributed by atoms with Crippen LogP contribution in [0.25, 0.3) is 10.9 Å². The first kappa shape index (κ1) is 20.6. The molecular formula is C23H22BrN3O2. The number of H-pyrrole nitrogens is 1.